The molecular formula is C19H16F3NO5. The van der Waals surface area contributed by atoms with Crippen molar-refractivity contribution in [2.24, 2.45) is 0 Å². The van der Waals surface area contributed by atoms with Crippen LogP contribution in [0.5, 0.6) is 11.5 Å². The van der Waals surface area contributed by atoms with Gasteiger partial charge in [-0.25, -0.2) is 4.79 Å². The topological polar surface area (TPSA) is 73.9 Å². The van der Waals surface area contributed by atoms with Crippen LogP contribution in [-0.2, 0) is 15.7 Å². The fourth-order valence-electron chi connectivity index (χ4n) is 2.48. The number of rotatable bonds is 5. The first kappa shape index (κ1) is 19.5. The second kappa shape index (κ2) is 8.20. The molecule has 9 heteroatoms. The molecule has 1 aliphatic heterocycles. The molecule has 0 spiro atoms. The van der Waals surface area contributed by atoms with Gasteiger partial charge in [0.05, 0.1) is 17.7 Å². The normalized spacial score (nSPS) is 15.6. The Morgan fingerprint density at radius 3 is 2.61 bits per heavy atom. The van der Waals surface area contributed by atoms with Crippen LogP contribution in [0.2, 0.25) is 0 Å². The summed E-state index contributed by atoms with van der Waals surface area (Å²) in [7, 11) is 0. The van der Waals surface area contributed by atoms with Crippen LogP contribution in [0.15, 0.2) is 48.5 Å². The predicted molar refractivity (Wildman–Crippen MR) is 91.1 cm³/mol. The molecule has 0 radical (unpaired) electrons. The maximum absolute atomic E-state index is 12.7. The Bertz CT molecular complexity index is 869. The smallest absolute Gasteiger partial charge is 0.416 e. The summed E-state index contributed by atoms with van der Waals surface area (Å²) in [5, 5.41) is 2.52. The number of para-hydroxylation sites is 2. The van der Waals surface area contributed by atoms with Gasteiger partial charge in [0, 0.05) is 0 Å². The Hall–Kier alpha value is -3.23. The highest BCUT2D eigenvalue weighted by Gasteiger charge is 2.31. The number of esters is 1. The van der Waals surface area contributed by atoms with E-state index in [9.17, 15) is 22.8 Å². The van der Waals surface area contributed by atoms with Crippen molar-refractivity contribution in [1.29, 1.82) is 0 Å². The van der Waals surface area contributed by atoms with Gasteiger partial charge in [-0.3, -0.25) is 4.79 Å². The average Bonchev–Trinajstić information content (AvgIpc) is 2.69. The van der Waals surface area contributed by atoms with Crippen molar-refractivity contribution in [3.05, 3.63) is 59.7 Å². The summed E-state index contributed by atoms with van der Waals surface area (Å²) in [6, 6.07) is 10.9. The first-order valence-electron chi connectivity index (χ1n) is 8.32. The third kappa shape index (κ3) is 4.93. The maximum atomic E-state index is 12.7. The van der Waals surface area contributed by atoms with Gasteiger partial charge < -0.3 is 19.5 Å². The number of fused-ring (bicyclic) bond motifs is 1. The van der Waals surface area contributed by atoms with Crippen molar-refractivity contribution in [2.75, 3.05) is 19.8 Å². The van der Waals surface area contributed by atoms with Crippen molar-refractivity contribution in [3.8, 4) is 11.5 Å². The van der Waals surface area contributed by atoms with E-state index in [4.69, 9.17) is 14.2 Å². The Balaban J connectivity index is 1.45. The van der Waals surface area contributed by atoms with Crippen molar-refractivity contribution in [2.45, 2.75) is 12.3 Å². The Labute approximate surface area is 158 Å². The highest BCUT2D eigenvalue weighted by atomic mass is 19.4. The zero-order chi connectivity index (χ0) is 20.1. The van der Waals surface area contributed by atoms with Crippen LogP contribution < -0.4 is 14.8 Å². The lowest BCUT2D eigenvalue weighted by atomic mass is 10.1. The summed E-state index contributed by atoms with van der Waals surface area (Å²) in [5.41, 5.74) is -1.26. The number of hydrogen-bond donors (Lipinski definition) is 1. The highest BCUT2D eigenvalue weighted by molar-refractivity contribution is 5.91. The van der Waals surface area contributed by atoms with Crippen LogP contribution in [0.4, 0.5) is 13.2 Å². The molecule has 0 aromatic heterocycles. The van der Waals surface area contributed by atoms with E-state index in [0.29, 0.717) is 17.6 Å². The number of halogens is 3. The third-order valence-electron chi connectivity index (χ3n) is 3.85. The molecule has 1 amide bonds. The van der Waals surface area contributed by atoms with Crippen molar-refractivity contribution in [3.63, 3.8) is 0 Å². The SMILES string of the molecule is O=C(COC(=O)c1cccc(C(F)(F)F)c1)NCC1COc2ccccc2O1. The summed E-state index contributed by atoms with van der Waals surface area (Å²) >= 11 is 0. The number of hydrogen-bond acceptors (Lipinski definition) is 5. The Morgan fingerprint density at radius 1 is 1.11 bits per heavy atom. The molecule has 148 valence electrons. The van der Waals surface area contributed by atoms with E-state index in [2.05, 4.69) is 5.32 Å². The number of alkyl halides is 3. The molecule has 2 aromatic rings. The minimum Gasteiger partial charge on any atom is -0.486 e. The summed E-state index contributed by atoms with van der Waals surface area (Å²) in [5.74, 6) is -0.459. The van der Waals surface area contributed by atoms with Crippen LogP contribution in [0.3, 0.4) is 0 Å². The van der Waals surface area contributed by atoms with Gasteiger partial charge in [-0.2, -0.15) is 13.2 Å². The predicted octanol–water partition coefficient (Wildman–Crippen LogP) is 2.82. The second-order valence-electron chi connectivity index (χ2n) is 5.96. The molecule has 1 N–H and O–H groups in total. The summed E-state index contributed by atoms with van der Waals surface area (Å²) in [4.78, 5) is 23.7. The number of benzene rings is 2. The minimum absolute atomic E-state index is 0.119. The molecule has 6 nitrogen and oxygen atoms in total. The molecule has 0 bridgehead atoms. The molecule has 0 saturated carbocycles. The van der Waals surface area contributed by atoms with Crippen LogP contribution in [0.1, 0.15) is 15.9 Å². The lowest BCUT2D eigenvalue weighted by molar-refractivity contribution is -0.137. The zero-order valence-electron chi connectivity index (χ0n) is 14.5. The summed E-state index contributed by atoms with van der Waals surface area (Å²) < 4.78 is 54.0. The summed E-state index contributed by atoms with van der Waals surface area (Å²) in [6.07, 6.45) is -4.99. The van der Waals surface area contributed by atoms with E-state index < -0.39 is 36.3 Å². The second-order valence-corrected chi connectivity index (χ2v) is 5.96. The number of nitrogens with one attached hydrogen (secondary N) is 1. The standard InChI is InChI=1S/C19H16F3NO5/c20-19(21,22)13-5-3-4-12(8-13)18(25)27-11-17(24)23-9-14-10-26-15-6-1-2-7-16(15)28-14/h1-8,14H,9-11H2,(H,23,24). The highest BCUT2D eigenvalue weighted by Crippen LogP contribution is 2.31. The largest absolute Gasteiger partial charge is 0.486 e. The van der Waals surface area contributed by atoms with Crippen molar-refractivity contribution < 1.29 is 37.0 Å². The van der Waals surface area contributed by atoms with Crippen LogP contribution in [0.25, 0.3) is 0 Å². The number of ether oxygens (including phenoxy) is 3. The Morgan fingerprint density at radius 2 is 1.86 bits per heavy atom. The molecule has 0 fully saturated rings. The van der Waals surface area contributed by atoms with Crippen LogP contribution in [0, 0.1) is 0 Å². The number of carbonyl (C=O) groups excluding carboxylic acids is 2. The van der Waals surface area contributed by atoms with Gasteiger partial charge in [0.25, 0.3) is 5.91 Å². The number of carbonyl (C=O) groups is 2. The average molecular weight is 395 g/mol. The molecule has 0 aliphatic carbocycles. The van der Waals surface area contributed by atoms with E-state index >= 15 is 0 Å². The Kier molecular flexibility index (Phi) is 5.72. The number of amides is 1. The first-order valence-corrected chi connectivity index (χ1v) is 8.32. The molecule has 1 aliphatic rings. The molecule has 1 atom stereocenters. The molecule has 1 heterocycles. The van der Waals surface area contributed by atoms with E-state index in [-0.39, 0.29) is 18.7 Å². The third-order valence-corrected chi connectivity index (χ3v) is 3.85. The zero-order valence-corrected chi connectivity index (χ0v) is 14.5. The van der Waals surface area contributed by atoms with E-state index in [1.807, 2.05) is 6.07 Å². The molecule has 2 aromatic carbocycles. The summed E-state index contributed by atoms with van der Waals surface area (Å²) in [6.45, 7) is -0.269. The van der Waals surface area contributed by atoms with Gasteiger partial charge in [-0.05, 0) is 30.3 Å². The van der Waals surface area contributed by atoms with Crippen LogP contribution in [-0.4, -0.2) is 37.7 Å². The van der Waals surface area contributed by atoms with Crippen molar-refractivity contribution in [1.82, 2.24) is 5.32 Å². The van der Waals surface area contributed by atoms with E-state index in [1.54, 1.807) is 18.2 Å². The van der Waals surface area contributed by atoms with Gasteiger partial charge >= 0.3 is 12.1 Å². The van der Waals surface area contributed by atoms with Gasteiger partial charge in [0.1, 0.15) is 12.7 Å². The fraction of sp³-hybridized carbons (Fsp3) is 0.263. The van der Waals surface area contributed by atoms with Gasteiger partial charge in [0.2, 0.25) is 0 Å². The van der Waals surface area contributed by atoms with Crippen LogP contribution >= 0.6 is 0 Å². The molecule has 28 heavy (non-hydrogen) atoms. The minimum atomic E-state index is -4.58. The van der Waals surface area contributed by atoms with Gasteiger partial charge in [0.15, 0.2) is 18.1 Å². The van der Waals surface area contributed by atoms with Crippen molar-refractivity contribution >= 4 is 11.9 Å². The maximum Gasteiger partial charge on any atom is 0.416 e. The molecule has 3 rings (SSSR count). The molecule has 0 saturated heterocycles. The van der Waals surface area contributed by atoms with E-state index in [0.717, 1.165) is 12.1 Å². The molecule has 1 unspecified atom stereocenters. The monoisotopic (exact) mass is 395 g/mol. The first-order chi connectivity index (χ1) is 13.3. The molecular weight excluding hydrogens is 379 g/mol. The lowest BCUT2D eigenvalue weighted by Crippen LogP contribution is -2.42. The van der Waals surface area contributed by atoms with E-state index in [1.165, 1.54) is 6.07 Å². The lowest BCUT2D eigenvalue weighted by Gasteiger charge is -2.26. The fourth-order valence-corrected chi connectivity index (χ4v) is 2.48. The van der Waals surface area contributed by atoms with Gasteiger partial charge in [-0.15, -0.1) is 0 Å². The quantitative estimate of drug-likeness (QED) is 0.789. The van der Waals surface area contributed by atoms with Gasteiger partial charge in [-0.1, -0.05) is 18.2 Å².